The maximum Gasteiger partial charge on any atom is 0.226 e. The summed E-state index contributed by atoms with van der Waals surface area (Å²) in [5, 5.41) is 6.98. The van der Waals surface area contributed by atoms with Crippen molar-refractivity contribution < 1.29 is 12.9 Å². The molecule has 96 valence electrons. The van der Waals surface area contributed by atoms with Crippen molar-refractivity contribution in [2.24, 2.45) is 5.92 Å². The van der Waals surface area contributed by atoms with Gasteiger partial charge in [0.2, 0.25) is 5.89 Å². The fraction of sp³-hybridized carbons (Fsp3) is 0.800. The summed E-state index contributed by atoms with van der Waals surface area (Å²) >= 11 is 0. The van der Waals surface area contributed by atoms with Crippen LogP contribution < -0.4 is 5.32 Å². The summed E-state index contributed by atoms with van der Waals surface area (Å²) in [6, 6.07) is 0. The number of nitrogens with one attached hydrogen (secondary N) is 1. The van der Waals surface area contributed by atoms with Gasteiger partial charge in [0.1, 0.15) is 5.75 Å². The van der Waals surface area contributed by atoms with Crippen molar-refractivity contribution in [1.82, 2.24) is 15.5 Å². The highest BCUT2D eigenvalue weighted by molar-refractivity contribution is 7.89. The van der Waals surface area contributed by atoms with Crippen LogP contribution >= 0.6 is 0 Å². The van der Waals surface area contributed by atoms with Crippen LogP contribution in [0.1, 0.15) is 24.6 Å². The maximum absolute atomic E-state index is 11.1. The summed E-state index contributed by atoms with van der Waals surface area (Å²) in [6.45, 7) is 2.05. The normalized spacial score (nSPS) is 18.4. The minimum Gasteiger partial charge on any atom is -0.339 e. The Labute approximate surface area is 101 Å². The quantitative estimate of drug-likeness (QED) is 0.829. The van der Waals surface area contributed by atoms with E-state index in [1.54, 1.807) is 0 Å². The van der Waals surface area contributed by atoms with Crippen molar-refractivity contribution >= 4 is 9.84 Å². The molecular formula is C10H17N3O3S. The molecule has 0 bridgehead atoms. The van der Waals surface area contributed by atoms with Gasteiger partial charge in [0.15, 0.2) is 15.7 Å². The molecule has 1 aliphatic rings. The monoisotopic (exact) mass is 259 g/mol. The number of rotatable bonds is 4. The van der Waals surface area contributed by atoms with E-state index in [1.165, 1.54) is 0 Å². The van der Waals surface area contributed by atoms with E-state index in [2.05, 4.69) is 15.5 Å². The summed E-state index contributed by atoms with van der Waals surface area (Å²) in [7, 11) is -3.09. The van der Waals surface area contributed by atoms with Gasteiger partial charge in [-0.15, -0.1) is 0 Å². The minimum absolute atomic E-state index is 0.150. The molecule has 1 aromatic rings. The number of piperidine rings is 1. The summed E-state index contributed by atoms with van der Waals surface area (Å²) in [6.07, 6.45) is 4.11. The van der Waals surface area contributed by atoms with E-state index in [0.29, 0.717) is 11.8 Å². The molecule has 0 atom stereocenters. The van der Waals surface area contributed by atoms with Gasteiger partial charge >= 0.3 is 0 Å². The zero-order chi connectivity index (χ0) is 12.3. The smallest absolute Gasteiger partial charge is 0.226 e. The van der Waals surface area contributed by atoms with E-state index in [1.807, 2.05) is 0 Å². The van der Waals surface area contributed by atoms with Crippen LogP contribution in [0.4, 0.5) is 0 Å². The molecular weight excluding hydrogens is 242 g/mol. The third kappa shape index (κ3) is 4.08. The molecule has 17 heavy (non-hydrogen) atoms. The Morgan fingerprint density at radius 1 is 1.41 bits per heavy atom. The number of hydrogen-bond donors (Lipinski definition) is 1. The van der Waals surface area contributed by atoms with Crippen molar-refractivity contribution in [2.45, 2.75) is 25.0 Å². The molecule has 2 rings (SSSR count). The number of sulfone groups is 1. The highest BCUT2D eigenvalue weighted by Gasteiger charge is 2.18. The van der Waals surface area contributed by atoms with E-state index in [4.69, 9.17) is 4.52 Å². The maximum atomic E-state index is 11.1. The molecule has 0 aromatic carbocycles. The average molecular weight is 259 g/mol. The van der Waals surface area contributed by atoms with Crippen molar-refractivity contribution in [3.05, 3.63) is 11.7 Å². The van der Waals surface area contributed by atoms with Gasteiger partial charge in [-0.25, -0.2) is 8.42 Å². The molecule has 1 N–H and O–H groups in total. The summed E-state index contributed by atoms with van der Waals surface area (Å²) in [5.41, 5.74) is 0. The standard InChI is InChI=1S/C10H17N3O3S/c1-17(14,15)7-9-12-10(16-13-9)6-8-2-4-11-5-3-8/h8,11H,2-7H2,1H3. The molecule has 2 heterocycles. The third-order valence-corrected chi connectivity index (χ3v) is 3.61. The predicted octanol–water partition coefficient (Wildman–Crippen LogP) is 0.156. The fourth-order valence-electron chi connectivity index (χ4n) is 2.00. The summed E-state index contributed by atoms with van der Waals surface area (Å²) < 4.78 is 27.2. The molecule has 0 amide bonds. The van der Waals surface area contributed by atoms with Crippen LogP contribution in [0.15, 0.2) is 4.52 Å². The van der Waals surface area contributed by atoms with Gasteiger partial charge in [0, 0.05) is 12.7 Å². The van der Waals surface area contributed by atoms with Crippen molar-refractivity contribution in [3.8, 4) is 0 Å². The zero-order valence-corrected chi connectivity index (χ0v) is 10.7. The second kappa shape index (κ2) is 5.14. The van der Waals surface area contributed by atoms with Gasteiger partial charge in [0.25, 0.3) is 0 Å². The van der Waals surface area contributed by atoms with Gasteiger partial charge in [-0.1, -0.05) is 5.16 Å². The summed E-state index contributed by atoms with van der Waals surface area (Å²) in [5.74, 6) is 1.22. The molecule has 0 saturated carbocycles. The van der Waals surface area contributed by atoms with Crippen molar-refractivity contribution in [2.75, 3.05) is 19.3 Å². The van der Waals surface area contributed by atoms with E-state index < -0.39 is 9.84 Å². The molecule has 1 fully saturated rings. The Morgan fingerprint density at radius 2 is 2.12 bits per heavy atom. The van der Waals surface area contributed by atoms with Crippen LogP contribution in [-0.2, 0) is 22.0 Å². The van der Waals surface area contributed by atoms with E-state index in [9.17, 15) is 8.42 Å². The molecule has 0 spiro atoms. The van der Waals surface area contributed by atoms with Crippen LogP contribution in [0.25, 0.3) is 0 Å². The van der Waals surface area contributed by atoms with E-state index >= 15 is 0 Å². The Hall–Kier alpha value is -0.950. The first-order chi connectivity index (χ1) is 8.03. The molecule has 6 nitrogen and oxygen atoms in total. The lowest BCUT2D eigenvalue weighted by Crippen LogP contribution is -2.28. The van der Waals surface area contributed by atoms with Crippen LogP contribution in [-0.4, -0.2) is 37.9 Å². The lowest BCUT2D eigenvalue weighted by molar-refractivity contribution is 0.312. The van der Waals surface area contributed by atoms with Crippen LogP contribution in [0.2, 0.25) is 0 Å². The molecule has 0 unspecified atom stereocenters. The zero-order valence-electron chi connectivity index (χ0n) is 9.85. The van der Waals surface area contributed by atoms with Crippen LogP contribution in [0.5, 0.6) is 0 Å². The average Bonchev–Trinajstić information content (AvgIpc) is 2.64. The lowest BCUT2D eigenvalue weighted by atomic mass is 9.95. The van der Waals surface area contributed by atoms with E-state index in [-0.39, 0.29) is 11.6 Å². The first kappa shape index (κ1) is 12.5. The van der Waals surface area contributed by atoms with Gasteiger partial charge in [-0.2, -0.15) is 4.98 Å². The number of hydrogen-bond acceptors (Lipinski definition) is 6. The lowest BCUT2D eigenvalue weighted by Gasteiger charge is -2.20. The van der Waals surface area contributed by atoms with Gasteiger partial charge in [0.05, 0.1) is 0 Å². The first-order valence-corrected chi connectivity index (χ1v) is 7.79. The predicted molar refractivity (Wildman–Crippen MR) is 62.1 cm³/mol. The van der Waals surface area contributed by atoms with E-state index in [0.717, 1.165) is 38.6 Å². The third-order valence-electron chi connectivity index (χ3n) is 2.82. The van der Waals surface area contributed by atoms with Gasteiger partial charge in [-0.05, 0) is 31.8 Å². The minimum atomic E-state index is -3.09. The second-order valence-corrected chi connectivity index (χ2v) is 6.71. The number of aromatic nitrogens is 2. The molecule has 0 aliphatic carbocycles. The highest BCUT2D eigenvalue weighted by atomic mass is 32.2. The second-order valence-electron chi connectivity index (χ2n) is 4.57. The van der Waals surface area contributed by atoms with Crippen LogP contribution in [0, 0.1) is 5.92 Å². The van der Waals surface area contributed by atoms with Gasteiger partial charge < -0.3 is 9.84 Å². The van der Waals surface area contributed by atoms with Crippen molar-refractivity contribution in [1.29, 1.82) is 0 Å². The van der Waals surface area contributed by atoms with Gasteiger partial charge in [-0.3, -0.25) is 0 Å². The number of nitrogens with zero attached hydrogens (tertiary/aromatic N) is 2. The molecule has 1 aromatic heterocycles. The fourth-order valence-corrected chi connectivity index (χ4v) is 2.59. The Kier molecular flexibility index (Phi) is 3.78. The van der Waals surface area contributed by atoms with Crippen molar-refractivity contribution in [3.63, 3.8) is 0 Å². The topological polar surface area (TPSA) is 85.1 Å². The molecule has 7 heteroatoms. The Morgan fingerprint density at radius 3 is 2.76 bits per heavy atom. The first-order valence-electron chi connectivity index (χ1n) is 5.73. The van der Waals surface area contributed by atoms with Crippen LogP contribution in [0.3, 0.4) is 0 Å². The largest absolute Gasteiger partial charge is 0.339 e. The molecule has 0 radical (unpaired) electrons. The Bertz CT molecular complexity index is 463. The summed E-state index contributed by atoms with van der Waals surface area (Å²) in [4.78, 5) is 4.11. The molecule has 1 saturated heterocycles. The highest BCUT2D eigenvalue weighted by Crippen LogP contribution is 2.17. The molecule has 1 aliphatic heterocycles. The SMILES string of the molecule is CS(=O)(=O)Cc1noc(CC2CCNCC2)n1. The Balaban J connectivity index is 1.93.